The molecular formula is C15H15N3O6S2. The van der Waals surface area contributed by atoms with Crippen LogP contribution in [0.2, 0.25) is 0 Å². The highest BCUT2D eigenvalue weighted by molar-refractivity contribution is 7.93. The van der Waals surface area contributed by atoms with Crippen molar-refractivity contribution in [1.82, 2.24) is 9.55 Å². The van der Waals surface area contributed by atoms with Crippen LogP contribution in [-0.2, 0) is 33.0 Å². The molecule has 1 aromatic carbocycles. The maximum Gasteiger partial charge on any atom is 0.419 e. The largest absolute Gasteiger partial charge is 0.466 e. The van der Waals surface area contributed by atoms with E-state index < -0.39 is 21.7 Å². The molecule has 0 radical (unpaired) electrons. The summed E-state index contributed by atoms with van der Waals surface area (Å²) in [5.74, 6) is -1.01. The number of anilines is 1. The molecule has 0 aliphatic heterocycles. The standard InChI is InChI=1S/C15H15N3O6S2/c1-3-23-13(19)6-9-8-25-14(16-9)17-26(21,22)10-4-5-12-11(7-10)18(2)15(20)24-12/h4-5,7-8H,3,6H2,1-2H3,(H,16,17). The lowest BCUT2D eigenvalue weighted by Crippen LogP contribution is -2.13. The number of oxazole rings is 1. The van der Waals surface area contributed by atoms with Gasteiger partial charge in [0.25, 0.3) is 10.0 Å². The van der Waals surface area contributed by atoms with Crippen molar-refractivity contribution < 1.29 is 22.4 Å². The van der Waals surface area contributed by atoms with Crippen LogP contribution < -0.4 is 10.5 Å². The van der Waals surface area contributed by atoms with Crippen molar-refractivity contribution in [2.75, 3.05) is 11.3 Å². The number of nitrogens with zero attached hydrogens (tertiary/aromatic N) is 2. The van der Waals surface area contributed by atoms with Gasteiger partial charge in [-0.05, 0) is 25.1 Å². The first-order chi connectivity index (χ1) is 12.3. The fraction of sp³-hybridized carbons (Fsp3) is 0.267. The van der Waals surface area contributed by atoms with Gasteiger partial charge in [-0.25, -0.2) is 18.2 Å². The van der Waals surface area contributed by atoms with E-state index in [2.05, 4.69) is 9.71 Å². The second kappa shape index (κ2) is 6.92. The maximum atomic E-state index is 12.5. The first-order valence-electron chi connectivity index (χ1n) is 7.52. The SMILES string of the molecule is CCOC(=O)Cc1csc(NS(=O)(=O)c2ccc3oc(=O)n(C)c3c2)n1. The number of rotatable bonds is 6. The number of esters is 1. The van der Waals surface area contributed by atoms with Crippen LogP contribution >= 0.6 is 11.3 Å². The molecule has 2 heterocycles. The Labute approximate surface area is 152 Å². The minimum absolute atomic E-state index is 0.0326. The summed E-state index contributed by atoms with van der Waals surface area (Å²) in [6.45, 7) is 1.96. The van der Waals surface area contributed by atoms with E-state index in [1.165, 1.54) is 29.8 Å². The Kier molecular flexibility index (Phi) is 4.83. The molecule has 3 rings (SSSR count). The van der Waals surface area contributed by atoms with Crippen LogP contribution in [0.1, 0.15) is 12.6 Å². The molecule has 26 heavy (non-hydrogen) atoms. The normalized spacial score (nSPS) is 11.6. The van der Waals surface area contributed by atoms with Crippen LogP contribution in [0.25, 0.3) is 11.1 Å². The second-order valence-electron chi connectivity index (χ2n) is 5.29. The Hall–Kier alpha value is -2.66. The Morgan fingerprint density at radius 3 is 2.92 bits per heavy atom. The van der Waals surface area contributed by atoms with Crippen molar-refractivity contribution in [2.45, 2.75) is 18.2 Å². The van der Waals surface area contributed by atoms with Gasteiger partial charge >= 0.3 is 11.7 Å². The molecule has 0 atom stereocenters. The van der Waals surface area contributed by atoms with Crippen LogP contribution in [0.5, 0.6) is 0 Å². The summed E-state index contributed by atoms with van der Waals surface area (Å²) in [6.07, 6.45) is -0.0326. The third-order valence-corrected chi connectivity index (χ3v) is 5.75. The van der Waals surface area contributed by atoms with Gasteiger partial charge in [0, 0.05) is 12.4 Å². The Morgan fingerprint density at radius 2 is 2.19 bits per heavy atom. The van der Waals surface area contributed by atoms with Gasteiger partial charge in [0.05, 0.1) is 29.1 Å². The summed E-state index contributed by atoms with van der Waals surface area (Å²) < 4.78 is 38.5. The number of hydrogen-bond donors (Lipinski definition) is 1. The molecular weight excluding hydrogens is 382 g/mol. The predicted molar refractivity (Wildman–Crippen MR) is 94.7 cm³/mol. The third kappa shape index (κ3) is 3.63. The van der Waals surface area contributed by atoms with E-state index >= 15 is 0 Å². The van der Waals surface area contributed by atoms with Crippen LogP contribution in [-0.4, -0.2) is 30.5 Å². The van der Waals surface area contributed by atoms with E-state index in [-0.39, 0.29) is 23.1 Å². The molecule has 0 unspecified atom stereocenters. The Balaban J connectivity index is 1.83. The van der Waals surface area contributed by atoms with Gasteiger partial charge in [-0.1, -0.05) is 0 Å². The Bertz CT molecular complexity index is 1130. The van der Waals surface area contributed by atoms with Crippen molar-refractivity contribution in [3.05, 3.63) is 39.8 Å². The molecule has 0 bridgehead atoms. The molecule has 11 heteroatoms. The zero-order chi connectivity index (χ0) is 18.9. The number of sulfonamides is 1. The highest BCUT2D eigenvalue weighted by atomic mass is 32.2. The van der Waals surface area contributed by atoms with E-state index in [1.54, 1.807) is 12.3 Å². The number of thiazole rings is 1. The van der Waals surface area contributed by atoms with E-state index in [4.69, 9.17) is 9.15 Å². The molecule has 138 valence electrons. The molecule has 0 aliphatic rings. The third-order valence-electron chi connectivity index (χ3n) is 3.48. The molecule has 0 saturated heterocycles. The fourth-order valence-electron chi connectivity index (χ4n) is 2.24. The molecule has 0 fully saturated rings. The van der Waals surface area contributed by atoms with Gasteiger partial charge < -0.3 is 9.15 Å². The van der Waals surface area contributed by atoms with Crippen LogP contribution in [0.4, 0.5) is 5.13 Å². The Morgan fingerprint density at radius 1 is 1.42 bits per heavy atom. The summed E-state index contributed by atoms with van der Waals surface area (Å²) in [5, 5.41) is 1.71. The zero-order valence-corrected chi connectivity index (χ0v) is 15.5. The average Bonchev–Trinajstić information content (AvgIpc) is 3.11. The summed E-state index contributed by atoms with van der Waals surface area (Å²) in [5.41, 5.74) is 1.07. The first-order valence-corrected chi connectivity index (χ1v) is 9.89. The highest BCUT2D eigenvalue weighted by Crippen LogP contribution is 2.23. The second-order valence-corrected chi connectivity index (χ2v) is 7.83. The van der Waals surface area contributed by atoms with Crippen LogP contribution in [0.15, 0.2) is 37.7 Å². The van der Waals surface area contributed by atoms with Crippen LogP contribution in [0.3, 0.4) is 0 Å². The zero-order valence-electron chi connectivity index (χ0n) is 13.9. The van der Waals surface area contributed by atoms with Crippen molar-refractivity contribution in [3.8, 4) is 0 Å². The number of ether oxygens (including phenoxy) is 1. The van der Waals surface area contributed by atoms with E-state index in [0.717, 1.165) is 11.3 Å². The molecule has 0 spiro atoms. The number of hydrogen-bond acceptors (Lipinski definition) is 8. The maximum absolute atomic E-state index is 12.5. The number of aromatic nitrogens is 2. The molecule has 0 aliphatic carbocycles. The monoisotopic (exact) mass is 397 g/mol. The van der Waals surface area contributed by atoms with Gasteiger partial charge in [0.15, 0.2) is 10.7 Å². The van der Waals surface area contributed by atoms with E-state index in [9.17, 15) is 18.0 Å². The molecule has 1 N–H and O–H groups in total. The number of benzene rings is 1. The smallest absolute Gasteiger partial charge is 0.419 e. The first kappa shape index (κ1) is 18.1. The van der Waals surface area contributed by atoms with Gasteiger partial charge in [-0.3, -0.25) is 14.1 Å². The summed E-state index contributed by atoms with van der Waals surface area (Å²) >= 11 is 1.06. The lowest BCUT2D eigenvalue weighted by atomic mass is 10.3. The van der Waals surface area contributed by atoms with Gasteiger partial charge in [0.2, 0.25) is 0 Å². The van der Waals surface area contributed by atoms with E-state index in [1.807, 2.05) is 0 Å². The lowest BCUT2D eigenvalue weighted by Gasteiger charge is -2.05. The minimum atomic E-state index is -3.91. The van der Waals surface area contributed by atoms with Gasteiger partial charge in [0.1, 0.15) is 0 Å². The van der Waals surface area contributed by atoms with Crippen molar-refractivity contribution in [3.63, 3.8) is 0 Å². The topological polar surface area (TPSA) is 121 Å². The molecule has 0 saturated carbocycles. The van der Waals surface area contributed by atoms with Gasteiger partial charge in [-0.15, -0.1) is 11.3 Å². The predicted octanol–water partition coefficient (Wildman–Crippen LogP) is 1.49. The number of carbonyl (C=O) groups is 1. The highest BCUT2D eigenvalue weighted by Gasteiger charge is 2.19. The van der Waals surface area contributed by atoms with Crippen LogP contribution in [0, 0.1) is 0 Å². The number of aryl methyl sites for hydroxylation is 1. The van der Waals surface area contributed by atoms with Gasteiger partial charge in [-0.2, -0.15) is 0 Å². The minimum Gasteiger partial charge on any atom is -0.466 e. The van der Waals surface area contributed by atoms with Crippen molar-refractivity contribution in [2.24, 2.45) is 7.05 Å². The van der Waals surface area contributed by atoms with Crippen molar-refractivity contribution in [1.29, 1.82) is 0 Å². The lowest BCUT2D eigenvalue weighted by molar-refractivity contribution is -0.142. The number of nitrogens with one attached hydrogen (secondary N) is 1. The fourth-order valence-corrected chi connectivity index (χ4v) is 4.23. The average molecular weight is 397 g/mol. The number of fused-ring (bicyclic) bond motifs is 1. The molecule has 3 aromatic rings. The summed E-state index contributed by atoms with van der Waals surface area (Å²) in [4.78, 5) is 27.0. The quantitative estimate of drug-likeness (QED) is 0.626. The molecule has 2 aromatic heterocycles. The molecule has 9 nitrogen and oxygen atoms in total. The van der Waals surface area contributed by atoms with E-state index in [0.29, 0.717) is 16.8 Å². The van der Waals surface area contributed by atoms with Crippen molar-refractivity contribution >= 4 is 43.6 Å². The molecule has 0 amide bonds. The summed E-state index contributed by atoms with van der Waals surface area (Å²) in [6, 6.07) is 4.09. The summed E-state index contributed by atoms with van der Waals surface area (Å²) in [7, 11) is -2.43. The number of carbonyl (C=O) groups excluding carboxylic acids is 1.